The van der Waals surface area contributed by atoms with Crippen molar-refractivity contribution in [2.24, 2.45) is 5.14 Å². The van der Waals surface area contributed by atoms with Gasteiger partial charge in [-0.25, -0.2) is 18.4 Å². The first-order chi connectivity index (χ1) is 11.9. The minimum atomic E-state index is -3.87. The van der Waals surface area contributed by atoms with Gasteiger partial charge in [-0.05, 0) is 18.2 Å². The van der Waals surface area contributed by atoms with Gasteiger partial charge in [0.25, 0.3) is 5.91 Å². The molecule has 0 spiro atoms. The Morgan fingerprint density at radius 3 is 2.56 bits per heavy atom. The van der Waals surface area contributed by atoms with E-state index in [4.69, 9.17) is 14.6 Å². The smallest absolute Gasteiger partial charge is 0.339 e. The van der Waals surface area contributed by atoms with E-state index in [-0.39, 0.29) is 22.9 Å². The summed E-state index contributed by atoms with van der Waals surface area (Å²) in [7, 11) is -3.87. The Hall–Kier alpha value is -2.43. The number of sulfonamides is 1. The molecule has 0 unspecified atom stereocenters. The van der Waals surface area contributed by atoms with Crippen molar-refractivity contribution in [1.29, 1.82) is 0 Å². The van der Waals surface area contributed by atoms with Crippen molar-refractivity contribution >= 4 is 33.2 Å². The summed E-state index contributed by atoms with van der Waals surface area (Å²) < 4.78 is 32.3. The molecule has 2 rings (SSSR count). The molecule has 0 aliphatic rings. The van der Waals surface area contributed by atoms with E-state index in [1.165, 1.54) is 5.38 Å². The minimum Gasteiger partial charge on any atom is -0.492 e. The number of ether oxygens (including phenoxy) is 2. The summed E-state index contributed by atoms with van der Waals surface area (Å²) in [5, 5.41) is 8.79. The van der Waals surface area contributed by atoms with Gasteiger partial charge in [0.15, 0.2) is 6.61 Å². The summed E-state index contributed by atoms with van der Waals surface area (Å²) in [4.78, 5) is 23.3. The van der Waals surface area contributed by atoms with E-state index < -0.39 is 28.5 Å². The molecule has 0 radical (unpaired) electrons. The number of hydrogen-bond donors (Lipinski definition) is 2. The number of rotatable bonds is 8. The zero-order chi connectivity index (χ0) is 18.3. The molecule has 1 heterocycles. The van der Waals surface area contributed by atoms with Crippen molar-refractivity contribution in [2.45, 2.75) is 4.21 Å². The van der Waals surface area contributed by atoms with Gasteiger partial charge in [0.05, 0.1) is 12.1 Å². The van der Waals surface area contributed by atoms with Crippen LogP contribution in [0.15, 0.2) is 46.0 Å². The lowest BCUT2D eigenvalue weighted by molar-refractivity contribution is -0.124. The number of carbonyl (C=O) groups excluding carboxylic acids is 2. The monoisotopic (exact) mass is 384 g/mol. The van der Waals surface area contributed by atoms with Crippen LogP contribution in [0, 0.1) is 0 Å². The molecule has 0 saturated heterocycles. The van der Waals surface area contributed by atoms with E-state index in [0.717, 1.165) is 17.4 Å². The van der Waals surface area contributed by atoms with Crippen molar-refractivity contribution < 1.29 is 27.5 Å². The van der Waals surface area contributed by atoms with Gasteiger partial charge in [-0.15, -0.1) is 11.3 Å². The molecule has 0 saturated carbocycles. The Morgan fingerprint density at radius 1 is 1.20 bits per heavy atom. The zero-order valence-corrected chi connectivity index (χ0v) is 14.6. The second-order valence-electron chi connectivity index (χ2n) is 4.79. The van der Waals surface area contributed by atoms with Crippen molar-refractivity contribution in [3.8, 4) is 5.75 Å². The molecule has 0 aliphatic heterocycles. The lowest BCUT2D eigenvalue weighted by Crippen LogP contribution is -2.32. The number of esters is 1. The van der Waals surface area contributed by atoms with E-state index in [0.29, 0.717) is 5.75 Å². The van der Waals surface area contributed by atoms with Crippen molar-refractivity contribution in [3.63, 3.8) is 0 Å². The molecular weight excluding hydrogens is 368 g/mol. The Labute approximate surface area is 148 Å². The van der Waals surface area contributed by atoms with Crippen LogP contribution in [0.1, 0.15) is 10.4 Å². The third kappa shape index (κ3) is 6.18. The fraction of sp³-hybridized carbons (Fsp3) is 0.200. The van der Waals surface area contributed by atoms with E-state index in [9.17, 15) is 18.0 Å². The number of primary sulfonamides is 1. The lowest BCUT2D eigenvalue weighted by Gasteiger charge is -2.08. The number of para-hydroxylation sites is 1. The lowest BCUT2D eigenvalue weighted by atomic mass is 10.3. The van der Waals surface area contributed by atoms with Gasteiger partial charge >= 0.3 is 5.97 Å². The first-order valence-electron chi connectivity index (χ1n) is 7.09. The van der Waals surface area contributed by atoms with Gasteiger partial charge in [-0.3, -0.25) is 4.79 Å². The molecule has 25 heavy (non-hydrogen) atoms. The highest BCUT2D eigenvalue weighted by molar-refractivity contribution is 7.91. The van der Waals surface area contributed by atoms with Crippen molar-refractivity contribution in [2.75, 3.05) is 19.8 Å². The van der Waals surface area contributed by atoms with Crippen LogP contribution < -0.4 is 15.2 Å². The van der Waals surface area contributed by atoms with Gasteiger partial charge in [0.2, 0.25) is 10.0 Å². The Balaban J connectivity index is 1.69. The quantitative estimate of drug-likeness (QED) is 0.511. The van der Waals surface area contributed by atoms with Crippen LogP contribution in [0.5, 0.6) is 5.75 Å². The van der Waals surface area contributed by atoms with Crippen LogP contribution in [0.25, 0.3) is 0 Å². The number of amides is 1. The summed E-state index contributed by atoms with van der Waals surface area (Å²) in [6, 6.07) is 10.2. The topological polar surface area (TPSA) is 125 Å². The second-order valence-corrected chi connectivity index (χ2v) is 7.49. The molecular formula is C15H16N2O6S2. The van der Waals surface area contributed by atoms with Gasteiger partial charge < -0.3 is 14.8 Å². The third-order valence-corrected chi connectivity index (χ3v) is 5.25. The van der Waals surface area contributed by atoms with Crippen molar-refractivity contribution in [3.05, 3.63) is 47.3 Å². The highest BCUT2D eigenvalue weighted by Crippen LogP contribution is 2.19. The number of hydrogen-bond acceptors (Lipinski definition) is 7. The molecule has 1 aromatic carbocycles. The standard InChI is InChI=1S/C15H16N2O6S2/c16-25(20,21)14-8-11(10-24-14)15(19)23-9-13(18)17-6-7-22-12-4-2-1-3-5-12/h1-5,8,10H,6-7,9H2,(H,17,18)(H2,16,20,21). The largest absolute Gasteiger partial charge is 0.492 e. The van der Waals surface area contributed by atoms with Crippen LogP contribution in [0.3, 0.4) is 0 Å². The van der Waals surface area contributed by atoms with E-state index in [1.807, 2.05) is 18.2 Å². The first-order valence-corrected chi connectivity index (χ1v) is 9.52. The van der Waals surface area contributed by atoms with Crippen molar-refractivity contribution in [1.82, 2.24) is 5.32 Å². The number of nitrogens with two attached hydrogens (primary N) is 1. The molecule has 134 valence electrons. The molecule has 1 aromatic heterocycles. The molecule has 0 atom stereocenters. The average molecular weight is 384 g/mol. The molecule has 0 aliphatic carbocycles. The fourth-order valence-corrected chi connectivity index (χ4v) is 3.29. The highest BCUT2D eigenvalue weighted by atomic mass is 32.2. The predicted molar refractivity (Wildman–Crippen MR) is 90.9 cm³/mol. The number of nitrogens with one attached hydrogen (secondary N) is 1. The summed E-state index contributed by atoms with van der Waals surface area (Å²) >= 11 is 0.803. The average Bonchev–Trinajstić information content (AvgIpc) is 3.08. The first kappa shape index (κ1) is 18.9. The van der Waals surface area contributed by atoms with Crippen LogP contribution in [-0.4, -0.2) is 40.1 Å². The normalized spacial score (nSPS) is 10.9. The highest BCUT2D eigenvalue weighted by Gasteiger charge is 2.17. The summed E-state index contributed by atoms with van der Waals surface area (Å²) in [5.74, 6) is -0.611. The SMILES string of the molecule is NS(=O)(=O)c1cc(C(=O)OCC(=O)NCCOc2ccccc2)cs1. The van der Waals surface area contributed by atoms with Crippen LogP contribution in [0.4, 0.5) is 0 Å². The Kier molecular flexibility index (Phi) is 6.51. The second kappa shape index (κ2) is 8.60. The number of thiophene rings is 1. The molecule has 10 heteroatoms. The predicted octanol–water partition coefficient (Wildman–Crippen LogP) is 0.748. The maximum absolute atomic E-state index is 11.7. The van der Waals surface area contributed by atoms with E-state index >= 15 is 0 Å². The van der Waals surface area contributed by atoms with Crippen LogP contribution in [-0.2, 0) is 19.6 Å². The molecule has 8 nitrogen and oxygen atoms in total. The number of carbonyl (C=O) groups is 2. The van der Waals surface area contributed by atoms with Gasteiger partial charge in [-0.1, -0.05) is 18.2 Å². The maximum atomic E-state index is 11.7. The molecule has 3 N–H and O–H groups in total. The minimum absolute atomic E-state index is 0.0224. The number of benzene rings is 1. The van der Waals surface area contributed by atoms with Gasteiger partial charge in [0, 0.05) is 5.38 Å². The van der Waals surface area contributed by atoms with Gasteiger partial charge in [-0.2, -0.15) is 0 Å². The maximum Gasteiger partial charge on any atom is 0.339 e. The zero-order valence-electron chi connectivity index (χ0n) is 13.0. The summed E-state index contributed by atoms with van der Waals surface area (Å²) in [6.45, 7) is 0.0377. The molecule has 1 amide bonds. The molecule has 0 fully saturated rings. The van der Waals surface area contributed by atoms with Crippen LogP contribution in [0.2, 0.25) is 0 Å². The summed E-state index contributed by atoms with van der Waals surface area (Å²) in [6.07, 6.45) is 0. The van der Waals surface area contributed by atoms with Crippen LogP contribution >= 0.6 is 11.3 Å². The summed E-state index contributed by atoms with van der Waals surface area (Å²) in [5.41, 5.74) is 0.0224. The Bertz CT molecular complexity index is 833. The Morgan fingerprint density at radius 2 is 1.92 bits per heavy atom. The molecule has 2 aromatic rings. The van der Waals surface area contributed by atoms with Gasteiger partial charge in [0.1, 0.15) is 16.6 Å². The molecule has 0 bridgehead atoms. The van der Waals surface area contributed by atoms with E-state index in [1.54, 1.807) is 12.1 Å². The third-order valence-electron chi connectivity index (χ3n) is 2.86. The fourth-order valence-electron chi connectivity index (χ4n) is 1.71. The van der Waals surface area contributed by atoms with E-state index in [2.05, 4.69) is 5.32 Å².